The Balaban J connectivity index is 1.56. The third-order valence-electron chi connectivity index (χ3n) is 4.78. The number of phenols is 1. The van der Waals surface area contributed by atoms with Gasteiger partial charge in [-0.2, -0.15) is 14.8 Å². The molecule has 0 radical (unpaired) electrons. The van der Waals surface area contributed by atoms with Gasteiger partial charge in [0.1, 0.15) is 12.0 Å². The number of hydrogen-bond donors (Lipinski definition) is 2. The van der Waals surface area contributed by atoms with Crippen molar-refractivity contribution in [1.82, 2.24) is 24.7 Å². The number of nitrogens with one attached hydrogen (secondary N) is 1. The monoisotopic (exact) mass is 436 g/mol. The molecule has 0 saturated carbocycles. The minimum absolute atomic E-state index is 0.0961. The van der Waals surface area contributed by atoms with Gasteiger partial charge in [-0.1, -0.05) is 42.5 Å². The number of aromatic nitrogens is 5. The number of carbonyl (C=O) groups is 1. The predicted molar refractivity (Wildman–Crippen MR) is 121 cm³/mol. The molecule has 2 aromatic heterocycles. The SMILES string of the molecule is O=C(Nc1ccccc1)c1c(O)c(/N=N/c2ncnn2-c2ncccn2)cc2ccccc12. The van der Waals surface area contributed by atoms with Crippen molar-refractivity contribution in [3.05, 3.63) is 91.0 Å². The number of hydrogen-bond acceptors (Lipinski definition) is 8. The van der Waals surface area contributed by atoms with Gasteiger partial charge in [0, 0.05) is 18.1 Å². The highest BCUT2D eigenvalue weighted by Gasteiger charge is 2.20. The van der Waals surface area contributed by atoms with Crippen LogP contribution in [0.2, 0.25) is 0 Å². The number of nitrogens with zero attached hydrogens (tertiary/aromatic N) is 7. The van der Waals surface area contributed by atoms with Gasteiger partial charge in [-0.25, -0.2) is 9.97 Å². The summed E-state index contributed by atoms with van der Waals surface area (Å²) >= 11 is 0. The lowest BCUT2D eigenvalue weighted by Gasteiger charge is -2.12. The van der Waals surface area contributed by atoms with Gasteiger partial charge in [-0.05, 0) is 35.0 Å². The number of para-hydroxylation sites is 1. The molecule has 2 N–H and O–H groups in total. The van der Waals surface area contributed by atoms with Crippen LogP contribution in [0.25, 0.3) is 16.7 Å². The van der Waals surface area contributed by atoms with Crippen LogP contribution in [0.4, 0.5) is 17.3 Å². The molecule has 0 aliphatic rings. The first-order chi connectivity index (χ1) is 16.2. The molecule has 0 bridgehead atoms. The molecule has 0 spiro atoms. The maximum atomic E-state index is 13.1. The van der Waals surface area contributed by atoms with E-state index in [0.29, 0.717) is 11.1 Å². The summed E-state index contributed by atoms with van der Waals surface area (Å²) in [6.45, 7) is 0. The Labute approximate surface area is 187 Å². The van der Waals surface area contributed by atoms with Gasteiger partial charge in [-0.3, -0.25) is 4.79 Å². The largest absolute Gasteiger partial charge is 0.505 e. The number of fused-ring (bicyclic) bond motifs is 1. The highest BCUT2D eigenvalue weighted by Crippen LogP contribution is 2.38. The maximum absolute atomic E-state index is 13.1. The molecule has 3 aromatic carbocycles. The quantitative estimate of drug-likeness (QED) is 0.388. The number of carbonyl (C=O) groups excluding carboxylic acids is 1. The van der Waals surface area contributed by atoms with E-state index >= 15 is 0 Å². The minimum atomic E-state index is -0.465. The molecule has 10 nitrogen and oxygen atoms in total. The summed E-state index contributed by atoms with van der Waals surface area (Å²) in [5, 5.41) is 27.4. The second-order valence-electron chi connectivity index (χ2n) is 6.88. The lowest BCUT2D eigenvalue weighted by atomic mass is 10.0. The van der Waals surface area contributed by atoms with Crippen molar-refractivity contribution >= 4 is 34.0 Å². The van der Waals surface area contributed by atoms with Crippen molar-refractivity contribution in [2.45, 2.75) is 0 Å². The van der Waals surface area contributed by atoms with Crippen molar-refractivity contribution in [1.29, 1.82) is 0 Å². The average molecular weight is 436 g/mol. The van der Waals surface area contributed by atoms with Gasteiger partial charge in [0.2, 0.25) is 0 Å². The molecule has 0 unspecified atom stereocenters. The zero-order valence-corrected chi connectivity index (χ0v) is 17.1. The Morgan fingerprint density at radius 3 is 2.48 bits per heavy atom. The van der Waals surface area contributed by atoms with Crippen LogP contribution < -0.4 is 5.32 Å². The normalized spacial score (nSPS) is 11.2. The molecule has 0 saturated heterocycles. The standard InChI is InChI=1S/C23H16N8O2/c32-20-18(29-30-23-26-14-27-31(23)22-24-11-6-12-25-22)13-15-7-4-5-10-17(15)19(20)21(33)28-16-8-2-1-3-9-16/h1-14,32H,(H,28,33)/b30-29+. The third-order valence-corrected chi connectivity index (χ3v) is 4.78. The molecule has 5 rings (SSSR count). The maximum Gasteiger partial charge on any atom is 0.274 e. The fourth-order valence-corrected chi connectivity index (χ4v) is 3.29. The molecule has 0 fully saturated rings. The lowest BCUT2D eigenvalue weighted by Crippen LogP contribution is -2.12. The first-order valence-electron chi connectivity index (χ1n) is 9.91. The van der Waals surface area contributed by atoms with Gasteiger partial charge in [0.15, 0.2) is 5.75 Å². The fraction of sp³-hybridized carbons (Fsp3) is 0. The second kappa shape index (κ2) is 8.63. The Kier molecular flexibility index (Phi) is 5.22. The topological polar surface area (TPSA) is 131 Å². The molecule has 0 aliphatic heterocycles. The number of phenolic OH excluding ortho intramolecular Hbond substituents is 1. The molecule has 33 heavy (non-hydrogen) atoms. The number of azo groups is 1. The van der Waals surface area contributed by atoms with E-state index in [2.05, 4.69) is 35.6 Å². The van der Waals surface area contributed by atoms with E-state index < -0.39 is 5.91 Å². The molecular weight excluding hydrogens is 420 g/mol. The van der Waals surface area contributed by atoms with E-state index in [9.17, 15) is 9.90 Å². The Hall–Kier alpha value is -4.99. The van der Waals surface area contributed by atoms with Crippen LogP contribution in [-0.4, -0.2) is 35.7 Å². The Bertz CT molecular complexity index is 1470. The van der Waals surface area contributed by atoms with Crippen molar-refractivity contribution in [2.24, 2.45) is 10.2 Å². The van der Waals surface area contributed by atoms with Crippen molar-refractivity contribution in [3.63, 3.8) is 0 Å². The van der Waals surface area contributed by atoms with Crippen LogP contribution in [-0.2, 0) is 0 Å². The van der Waals surface area contributed by atoms with E-state index in [1.54, 1.807) is 48.8 Å². The second-order valence-corrected chi connectivity index (χ2v) is 6.88. The van der Waals surface area contributed by atoms with Crippen molar-refractivity contribution < 1.29 is 9.90 Å². The molecule has 0 atom stereocenters. The first-order valence-corrected chi connectivity index (χ1v) is 9.91. The molecular formula is C23H16N8O2. The smallest absolute Gasteiger partial charge is 0.274 e. The molecule has 160 valence electrons. The van der Waals surface area contributed by atoms with Crippen molar-refractivity contribution in [3.8, 4) is 11.7 Å². The van der Waals surface area contributed by atoms with Crippen molar-refractivity contribution in [2.75, 3.05) is 5.32 Å². The van der Waals surface area contributed by atoms with Crippen LogP contribution in [0.3, 0.4) is 0 Å². The van der Waals surface area contributed by atoms with Crippen LogP contribution in [0, 0.1) is 0 Å². The number of rotatable bonds is 5. The molecule has 2 heterocycles. The van der Waals surface area contributed by atoms with Gasteiger partial charge in [0.25, 0.3) is 17.8 Å². The number of benzene rings is 3. The van der Waals surface area contributed by atoms with Gasteiger partial charge >= 0.3 is 0 Å². The molecule has 5 aromatic rings. The number of aromatic hydroxyl groups is 1. The number of anilines is 1. The van der Waals surface area contributed by atoms with E-state index in [-0.39, 0.29) is 28.9 Å². The summed E-state index contributed by atoms with van der Waals surface area (Å²) in [7, 11) is 0. The van der Waals surface area contributed by atoms with Gasteiger partial charge < -0.3 is 10.4 Å². The van der Waals surface area contributed by atoms with E-state index in [4.69, 9.17) is 0 Å². The summed E-state index contributed by atoms with van der Waals surface area (Å²) in [4.78, 5) is 25.4. The Morgan fingerprint density at radius 2 is 1.67 bits per heavy atom. The van der Waals surface area contributed by atoms with E-state index in [1.165, 1.54) is 11.0 Å². The van der Waals surface area contributed by atoms with Crippen LogP contribution >= 0.6 is 0 Å². The number of amides is 1. The van der Waals surface area contributed by atoms with E-state index in [0.717, 1.165) is 5.39 Å². The Morgan fingerprint density at radius 1 is 0.909 bits per heavy atom. The molecule has 10 heteroatoms. The van der Waals surface area contributed by atoms with Crippen LogP contribution in [0.1, 0.15) is 10.4 Å². The lowest BCUT2D eigenvalue weighted by molar-refractivity contribution is 0.102. The average Bonchev–Trinajstić information content (AvgIpc) is 3.32. The fourth-order valence-electron chi connectivity index (χ4n) is 3.29. The van der Waals surface area contributed by atoms with Gasteiger partial charge in [-0.15, -0.1) is 10.2 Å². The zero-order chi connectivity index (χ0) is 22.6. The zero-order valence-electron chi connectivity index (χ0n) is 17.1. The van der Waals surface area contributed by atoms with Gasteiger partial charge in [0.05, 0.1) is 5.56 Å². The summed E-state index contributed by atoms with van der Waals surface area (Å²) in [6.07, 6.45) is 4.43. The molecule has 0 aliphatic carbocycles. The minimum Gasteiger partial charge on any atom is -0.505 e. The van der Waals surface area contributed by atoms with E-state index in [1.807, 2.05) is 30.3 Å². The summed E-state index contributed by atoms with van der Waals surface area (Å²) in [5.41, 5.74) is 0.808. The van der Waals surface area contributed by atoms with Crippen LogP contribution in [0.15, 0.2) is 95.7 Å². The highest BCUT2D eigenvalue weighted by atomic mass is 16.3. The predicted octanol–water partition coefficient (Wildman–Crippen LogP) is 4.58. The summed E-state index contributed by atoms with van der Waals surface area (Å²) in [6, 6.07) is 19.5. The first kappa shape index (κ1) is 19.9. The summed E-state index contributed by atoms with van der Waals surface area (Å²) < 4.78 is 1.31. The third kappa shape index (κ3) is 4.00. The highest BCUT2D eigenvalue weighted by molar-refractivity contribution is 6.16. The molecule has 1 amide bonds. The van der Waals surface area contributed by atoms with Crippen LogP contribution in [0.5, 0.6) is 5.75 Å². The summed E-state index contributed by atoms with van der Waals surface area (Å²) in [5.74, 6) is -0.376.